The molecular weight excluding hydrogens is 224 g/mol. The molecule has 0 radical (unpaired) electrons. The highest BCUT2D eigenvalue weighted by Crippen LogP contribution is 2.32. The van der Waals surface area contributed by atoms with E-state index >= 15 is 0 Å². The summed E-state index contributed by atoms with van der Waals surface area (Å²) < 4.78 is 0. The fourth-order valence-electron chi connectivity index (χ4n) is 3.68. The summed E-state index contributed by atoms with van der Waals surface area (Å²) in [6.45, 7) is 11.1. The molecule has 4 unspecified atom stereocenters. The Morgan fingerprint density at radius 3 is 2.56 bits per heavy atom. The maximum absolute atomic E-state index is 12.2. The largest absolute Gasteiger partial charge is 0.304 e. The summed E-state index contributed by atoms with van der Waals surface area (Å²) in [6, 6.07) is 0.586. The highest BCUT2D eigenvalue weighted by molar-refractivity contribution is 5.82. The Hall–Kier alpha value is -0.410. The first-order valence-corrected chi connectivity index (χ1v) is 7.42. The molecule has 3 heteroatoms. The van der Waals surface area contributed by atoms with E-state index in [2.05, 4.69) is 37.6 Å². The van der Waals surface area contributed by atoms with Crippen molar-refractivity contribution in [2.45, 2.75) is 39.7 Å². The lowest BCUT2D eigenvalue weighted by Crippen LogP contribution is -2.53. The van der Waals surface area contributed by atoms with E-state index in [1.54, 1.807) is 0 Å². The SMILES string of the molecule is CC1CC(=O)C(CN2CCN(C)CC2C)C(C)C1. The van der Waals surface area contributed by atoms with E-state index in [1.807, 2.05) is 0 Å². The Morgan fingerprint density at radius 1 is 1.22 bits per heavy atom. The molecule has 0 amide bonds. The van der Waals surface area contributed by atoms with E-state index in [0.717, 1.165) is 32.6 Å². The van der Waals surface area contributed by atoms with Gasteiger partial charge in [-0.05, 0) is 32.2 Å². The monoisotopic (exact) mass is 252 g/mol. The average molecular weight is 252 g/mol. The maximum Gasteiger partial charge on any atom is 0.137 e. The molecule has 2 fully saturated rings. The van der Waals surface area contributed by atoms with Crippen molar-refractivity contribution in [2.24, 2.45) is 17.8 Å². The third-order valence-corrected chi connectivity index (χ3v) is 4.82. The normalized spacial score (nSPS) is 40.1. The molecule has 1 aliphatic heterocycles. The van der Waals surface area contributed by atoms with Crippen LogP contribution in [0.3, 0.4) is 0 Å². The molecule has 104 valence electrons. The minimum absolute atomic E-state index is 0.284. The van der Waals surface area contributed by atoms with Crippen LogP contribution >= 0.6 is 0 Å². The molecular formula is C15H28N2O. The van der Waals surface area contributed by atoms with Crippen LogP contribution in [0.2, 0.25) is 0 Å². The van der Waals surface area contributed by atoms with Gasteiger partial charge in [0.2, 0.25) is 0 Å². The van der Waals surface area contributed by atoms with Crippen LogP contribution in [0.25, 0.3) is 0 Å². The number of rotatable bonds is 2. The topological polar surface area (TPSA) is 23.6 Å². The summed E-state index contributed by atoms with van der Waals surface area (Å²) in [5.41, 5.74) is 0. The molecule has 0 spiro atoms. The van der Waals surface area contributed by atoms with Crippen molar-refractivity contribution in [2.75, 3.05) is 33.2 Å². The number of carbonyl (C=O) groups is 1. The van der Waals surface area contributed by atoms with Gasteiger partial charge >= 0.3 is 0 Å². The Labute approximate surface area is 112 Å². The van der Waals surface area contributed by atoms with Gasteiger partial charge in [-0.2, -0.15) is 0 Å². The van der Waals surface area contributed by atoms with Gasteiger partial charge in [-0.1, -0.05) is 13.8 Å². The van der Waals surface area contributed by atoms with E-state index in [4.69, 9.17) is 0 Å². The molecule has 1 saturated heterocycles. The predicted octanol–water partition coefficient (Wildman–Crippen LogP) is 1.87. The van der Waals surface area contributed by atoms with Gasteiger partial charge in [0, 0.05) is 44.6 Å². The van der Waals surface area contributed by atoms with Crippen LogP contribution < -0.4 is 0 Å². The lowest BCUT2D eigenvalue weighted by atomic mass is 9.74. The first-order chi connectivity index (χ1) is 8.47. The Morgan fingerprint density at radius 2 is 1.94 bits per heavy atom. The van der Waals surface area contributed by atoms with Crippen LogP contribution in [-0.2, 0) is 4.79 Å². The average Bonchev–Trinajstić information content (AvgIpc) is 2.25. The number of carbonyl (C=O) groups excluding carboxylic acids is 1. The van der Waals surface area contributed by atoms with Gasteiger partial charge in [-0.3, -0.25) is 9.69 Å². The molecule has 0 aromatic rings. The Kier molecular flexibility index (Phi) is 4.44. The van der Waals surface area contributed by atoms with Crippen LogP contribution in [0.1, 0.15) is 33.6 Å². The molecule has 1 aliphatic carbocycles. The van der Waals surface area contributed by atoms with E-state index in [-0.39, 0.29) is 5.92 Å². The second-order valence-corrected chi connectivity index (χ2v) is 6.70. The highest BCUT2D eigenvalue weighted by Gasteiger charge is 2.35. The summed E-state index contributed by atoms with van der Waals surface area (Å²) in [6.07, 6.45) is 2.02. The fraction of sp³-hybridized carbons (Fsp3) is 0.933. The van der Waals surface area contributed by atoms with Gasteiger partial charge in [0.05, 0.1) is 0 Å². The molecule has 4 atom stereocenters. The first-order valence-electron chi connectivity index (χ1n) is 7.42. The number of nitrogens with zero attached hydrogens (tertiary/aromatic N) is 2. The lowest BCUT2D eigenvalue weighted by Gasteiger charge is -2.42. The van der Waals surface area contributed by atoms with Crippen LogP contribution in [0.15, 0.2) is 0 Å². The quantitative estimate of drug-likeness (QED) is 0.749. The molecule has 18 heavy (non-hydrogen) atoms. The van der Waals surface area contributed by atoms with Crippen molar-refractivity contribution >= 4 is 5.78 Å². The van der Waals surface area contributed by atoms with Gasteiger partial charge in [0.1, 0.15) is 5.78 Å². The molecule has 0 aromatic heterocycles. The minimum atomic E-state index is 0.284. The summed E-state index contributed by atoms with van der Waals surface area (Å²) in [4.78, 5) is 17.1. The number of piperazine rings is 1. The highest BCUT2D eigenvalue weighted by atomic mass is 16.1. The van der Waals surface area contributed by atoms with Crippen LogP contribution in [0, 0.1) is 17.8 Å². The number of hydrogen-bond acceptors (Lipinski definition) is 3. The molecule has 0 bridgehead atoms. The van der Waals surface area contributed by atoms with Crippen molar-refractivity contribution in [1.82, 2.24) is 9.80 Å². The molecule has 1 heterocycles. The molecule has 2 aliphatic rings. The molecule has 1 saturated carbocycles. The Bertz CT molecular complexity index is 305. The van der Waals surface area contributed by atoms with Gasteiger partial charge in [0.25, 0.3) is 0 Å². The minimum Gasteiger partial charge on any atom is -0.304 e. The van der Waals surface area contributed by atoms with E-state index < -0.39 is 0 Å². The standard InChI is InChI=1S/C15H28N2O/c1-11-7-12(2)14(15(18)8-11)10-17-6-5-16(4)9-13(17)3/h11-14H,5-10H2,1-4H3. The molecule has 0 aromatic carbocycles. The molecule has 2 rings (SSSR count). The molecule has 0 N–H and O–H groups in total. The van der Waals surface area contributed by atoms with Crippen molar-refractivity contribution in [3.63, 3.8) is 0 Å². The van der Waals surface area contributed by atoms with E-state index in [1.165, 1.54) is 6.42 Å². The van der Waals surface area contributed by atoms with Crippen molar-refractivity contribution in [1.29, 1.82) is 0 Å². The fourth-order valence-corrected chi connectivity index (χ4v) is 3.68. The second kappa shape index (κ2) is 5.70. The van der Waals surface area contributed by atoms with E-state index in [9.17, 15) is 4.79 Å². The zero-order chi connectivity index (χ0) is 13.3. The summed E-state index contributed by atoms with van der Waals surface area (Å²) in [7, 11) is 2.18. The summed E-state index contributed by atoms with van der Waals surface area (Å²) >= 11 is 0. The van der Waals surface area contributed by atoms with Crippen molar-refractivity contribution in [3.05, 3.63) is 0 Å². The molecule has 3 nitrogen and oxygen atoms in total. The third kappa shape index (κ3) is 3.12. The van der Waals surface area contributed by atoms with Crippen molar-refractivity contribution in [3.8, 4) is 0 Å². The zero-order valence-electron chi connectivity index (χ0n) is 12.4. The summed E-state index contributed by atoms with van der Waals surface area (Å²) in [5, 5.41) is 0. The zero-order valence-corrected chi connectivity index (χ0v) is 12.4. The van der Waals surface area contributed by atoms with Crippen LogP contribution in [-0.4, -0.2) is 54.9 Å². The smallest absolute Gasteiger partial charge is 0.137 e. The number of likely N-dealkylation sites (N-methyl/N-ethyl adjacent to an activating group) is 1. The number of Topliss-reactive ketones (excluding diaryl/α,β-unsaturated/α-hetero) is 1. The van der Waals surface area contributed by atoms with Crippen LogP contribution in [0.5, 0.6) is 0 Å². The van der Waals surface area contributed by atoms with Gasteiger partial charge in [-0.25, -0.2) is 0 Å². The number of hydrogen-bond donors (Lipinski definition) is 0. The summed E-state index contributed by atoms with van der Waals surface area (Å²) in [5.74, 6) is 1.95. The number of ketones is 1. The lowest BCUT2D eigenvalue weighted by molar-refractivity contribution is -0.129. The van der Waals surface area contributed by atoms with Gasteiger partial charge in [0.15, 0.2) is 0 Å². The maximum atomic E-state index is 12.2. The van der Waals surface area contributed by atoms with Gasteiger partial charge < -0.3 is 4.90 Å². The third-order valence-electron chi connectivity index (χ3n) is 4.82. The van der Waals surface area contributed by atoms with Crippen LogP contribution in [0.4, 0.5) is 0 Å². The van der Waals surface area contributed by atoms with E-state index in [0.29, 0.717) is 23.7 Å². The van der Waals surface area contributed by atoms with Crippen molar-refractivity contribution < 1.29 is 4.79 Å². The Balaban J connectivity index is 1.94. The predicted molar refractivity (Wildman–Crippen MR) is 74.6 cm³/mol. The second-order valence-electron chi connectivity index (χ2n) is 6.70. The first kappa shape index (κ1) is 14.0. The van der Waals surface area contributed by atoms with Gasteiger partial charge in [-0.15, -0.1) is 0 Å².